The first kappa shape index (κ1) is 12.0. The van der Waals surface area contributed by atoms with Gasteiger partial charge in [-0.15, -0.1) is 0 Å². The molecular formula is C11H19N5O. The highest BCUT2D eigenvalue weighted by Crippen LogP contribution is 2.40. The molecule has 1 atom stereocenters. The summed E-state index contributed by atoms with van der Waals surface area (Å²) in [5.41, 5.74) is 4.94. The Labute approximate surface area is 101 Å². The van der Waals surface area contributed by atoms with E-state index >= 15 is 0 Å². The van der Waals surface area contributed by atoms with Crippen molar-refractivity contribution < 1.29 is 4.79 Å². The van der Waals surface area contributed by atoms with E-state index in [4.69, 9.17) is 5.73 Å². The standard InChI is InChI=1S/C11H19N5O/c1-2-5-14-11(10(12)17,9-3-4-9)6-16-8-13-7-15-16/h7-9,14H,2-6H2,1H3,(H2,12,17). The smallest absolute Gasteiger partial charge is 0.239 e. The lowest BCUT2D eigenvalue weighted by atomic mass is 9.92. The molecule has 1 aromatic heterocycles. The largest absolute Gasteiger partial charge is 0.368 e. The zero-order valence-electron chi connectivity index (χ0n) is 10.1. The normalized spacial score (nSPS) is 18.9. The monoisotopic (exact) mass is 237 g/mol. The lowest BCUT2D eigenvalue weighted by Gasteiger charge is -2.31. The second-order valence-electron chi connectivity index (χ2n) is 4.63. The number of hydrogen-bond acceptors (Lipinski definition) is 4. The van der Waals surface area contributed by atoms with Crippen LogP contribution < -0.4 is 11.1 Å². The van der Waals surface area contributed by atoms with Gasteiger partial charge in [0, 0.05) is 0 Å². The molecule has 6 nitrogen and oxygen atoms in total. The number of carbonyl (C=O) groups excluding carboxylic acids is 1. The van der Waals surface area contributed by atoms with Gasteiger partial charge in [-0.05, 0) is 31.7 Å². The minimum absolute atomic E-state index is 0.288. The van der Waals surface area contributed by atoms with E-state index in [0.29, 0.717) is 12.5 Å². The summed E-state index contributed by atoms with van der Waals surface area (Å²) in [5.74, 6) is 0.0414. The van der Waals surface area contributed by atoms with Gasteiger partial charge < -0.3 is 11.1 Å². The Kier molecular flexibility index (Phi) is 3.42. The van der Waals surface area contributed by atoms with Crippen molar-refractivity contribution in [3.63, 3.8) is 0 Å². The topological polar surface area (TPSA) is 85.8 Å². The lowest BCUT2D eigenvalue weighted by Crippen LogP contribution is -2.60. The van der Waals surface area contributed by atoms with Crippen molar-refractivity contribution in [3.05, 3.63) is 12.7 Å². The molecule has 1 heterocycles. The van der Waals surface area contributed by atoms with Crippen LogP contribution in [0.1, 0.15) is 26.2 Å². The van der Waals surface area contributed by atoms with Gasteiger partial charge >= 0.3 is 0 Å². The third-order valence-corrected chi connectivity index (χ3v) is 3.28. The molecule has 0 saturated heterocycles. The average molecular weight is 237 g/mol. The molecule has 0 spiro atoms. The fraction of sp³-hybridized carbons (Fsp3) is 0.727. The fourth-order valence-electron chi connectivity index (χ4n) is 2.19. The maximum atomic E-state index is 11.8. The molecule has 0 radical (unpaired) electrons. The predicted octanol–water partition coefficient (Wildman–Crippen LogP) is -0.0882. The second-order valence-corrected chi connectivity index (χ2v) is 4.63. The van der Waals surface area contributed by atoms with Crippen LogP contribution in [-0.4, -0.2) is 32.8 Å². The Morgan fingerprint density at radius 3 is 2.88 bits per heavy atom. The molecule has 1 aliphatic rings. The molecule has 3 N–H and O–H groups in total. The first-order chi connectivity index (χ1) is 8.19. The van der Waals surface area contributed by atoms with E-state index in [9.17, 15) is 4.79 Å². The highest BCUT2D eigenvalue weighted by atomic mass is 16.1. The quantitative estimate of drug-likeness (QED) is 0.694. The number of carbonyl (C=O) groups is 1. The van der Waals surface area contributed by atoms with E-state index in [0.717, 1.165) is 25.8 Å². The van der Waals surface area contributed by atoms with Gasteiger partial charge in [0.2, 0.25) is 5.91 Å². The summed E-state index contributed by atoms with van der Waals surface area (Å²) >= 11 is 0. The molecule has 1 saturated carbocycles. The van der Waals surface area contributed by atoms with Crippen LogP contribution in [0.25, 0.3) is 0 Å². The van der Waals surface area contributed by atoms with Gasteiger partial charge in [0.05, 0.1) is 6.54 Å². The van der Waals surface area contributed by atoms with Crippen molar-refractivity contribution in [2.24, 2.45) is 11.7 Å². The first-order valence-electron chi connectivity index (χ1n) is 6.06. The molecule has 0 bridgehead atoms. The van der Waals surface area contributed by atoms with Crippen LogP contribution in [-0.2, 0) is 11.3 Å². The van der Waals surface area contributed by atoms with Gasteiger partial charge in [-0.1, -0.05) is 6.92 Å². The maximum absolute atomic E-state index is 11.8. The van der Waals surface area contributed by atoms with Crippen LogP contribution in [0.4, 0.5) is 0 Å². The number of amides is 1. The van der Waals surface area contributed by atoms with Gasteiger partial charge in [0.1, 0.15) is 18.2 Å². The summed E-state index contributed by atoms with van der Waals surface area (Å²) < 4.78 is 1.67. The van der Waals surface area contributed by atoms with Crippen molar-refractivity contribution in [2.45, 2.75) is 38.3 Å². The van der Waals surface area contributed by atoms with E-state index in [1.807, 2.05) is 0 Å². The van der Waals surface area contributed by atoms with Gasteiger partial charge in [0.25, 0.3) is 0 Å². The molecule has 0 aliphatic heterocycles. The molecule has 1 unspecified atom stereocenters. The van der Waals surface area contributed by atoms with Crippen molar-refractivity contribution in [3.8, 4) is 0 Å². The van der Waals surface area contributed by atoms with Crippen molar-refractivity contribution >= 4 is 5.91 Å². The third-order valence-electron chi connectivity index (χ3n) is 3.28. The molecule has 1 aromatic rings. The van der Waals surface area contributed by atoms with Gasteiger partial charge in [0.15, 0.2) is 0 Å². The molecule has 1 fully saturated rings. The molecule has 6 heteroatoms. The minimum atomic E-state index is -0.663. The van der Waals surface area contributed by atoms with Gasteiger partial charge in [-0.25, -0.2) is 4.98 Å². The lowest BCUT2D eigenvalue weighted by molar-refractivity contribution is -0.126. The number of aromatic nitrogens is 3. The Morgan fingerprint density at radius 1 is 1.65 bits per heavy atom. The van der Waals surface area contributed by atoms with Crippen molar-refractivity contribution in [1.82, 2.24) is 20.1 Å². The number of primary amides is 1. The van der Waals surface area contributed by atoms with E-state index in [2.05, 4.69) is 22.3 Å². The van der Waals surface area contributed by atoms with E-state index < -0.39 is 5.54 Å². The van der Waals surface area contributed by atoms with E-state index in [-0.39, 0.29) is 5.91 Å². The minimum Gasteiger partial charge on any atom is -0.368 e. The zero-order chi connectivity index (χ0) is 12.3. The zero-order valence-corrected chi connectivity index (χ0v) is 10.1. The number of nitrogens with two attached hydrogens (primary N) is 1. The van der Waals surface area contributed by atoms with E-state index in [1.165, 1.54) is 6.33 Å². The molecular weight excluding hydrogens is 218 g/mol. The Morgan fingerprint density at radius 2 is 2.41 bits per heavy atom. The Hall–Kier alpha value is -1.43. The van der Waals surface area contributed by atoms with Crippen LogP contribution in [0, 0.1) is 5.92 Å². The van der Waals surface area contributed by atoms with Crippen LogP contribution in [0.3, 0.4) is 0 Å². The third kappa shape index (κ3) is 2.46. The summed E-state index contributed by atoms with van der Waals surface area (Å²) in [6.45, 7) is 3.32. The average Bonchev–Trinajstić information content (AvgIpc) is 3.04. The SMILES string of the molecule is CCCNC(Cn1cncn1)(C(N)=O)C1CC1. The predicted molar refractivity (Wildman–Crippen MR) is 63.0 cm³/mol. The van der Waals surface area contributed by atoms with Crippen LogP contribution in [0.5, 0.6) is 0 Å². The fourth-order valence-corrected chi connectivity index (χ4v) is 2.19. The number of nitrogens with one attached hydrogen (secondary N) is 1. The number of rotatable bonds is 7. The maximum Gasteiger partial charge on any atom is 0.239 e. The number of nitrogens with zero attached hydrogens (tertiary/aromatic N) is 3. The summed E-state index contributed by atoms with van der Waals surface area (Å²) in [7, 11) is 0. The molecule has 17 heavy (non-hydrogen) atoms. The Bertz CT molecular complexity index is 373. The highest BCUT2D eigenvalue weighted by Gasteiger charge is 2.49. The first-order valence-corrected chi connectivity index (χ1v) is 6.06. The van der Waals surface area contributed by atoms with Crippen LogP contribution >= 0.6 is 0 Å². The Balaban J connectivity index is 2.17. The van der Waals surface area contributed by atoms with Gasteiger partial charge in [-0.2, -0.15) is 5.10 Å². The molecule has 2 rings (SSSR count). The molecule has 1 aliphatic carbocycles. The van der Waals surface area contributed by atoms with Gasteiger partial charge in [-0.3, -0.25) is 9.48 Å². The molecule has 94 valence electrons. The van der Waals surface area contributed by atoms with Crippen LogP contribution in [0.15, 0.2) is 12.7 Å². The second kappa shape index (κ2) is 4.83. The molecule has 1 amide bonds. The van der Waals surface area contributed by atoms with Crippen molar-refractivity contribution in [1.29, 1.82) is 0 Å². The summed E-state index contributed by atoms with van der Waals surface area (Å²) in [6.07, 6.45) is 6.16. The number of hydrogen-bond donors (Lipinski definition) is 2. The summed E-state index contributed by atoms with van der Waals surface area (Å²) in [4.78, 5) is 15.7. The summed E-state index contributed by atoms with van der Waals surface area (Å²) in [6, 6.07) is 0. The van der Waals surface area contributed by atoms with Crippen molar-refractivity contribution in [2.75, 3.05) is 6.54 Å². The highest BCUT2D eigenvalue weighted by molar-refractivity contribution is 5.85. The van der Waals surface area contributed by atoms with Crippen LogP contribution in [0.2, 0.25) is 0 Å². The van der Waals surface area contributed by atoms with E-state index in [1.54, 1.807) is 11.0 Å². The summed E-state index contributed by atoms with van der Waals surface area (Å²) in [5, 5.41) is 7.38. The molecule has 0 aromatic carbocycles.